The third-order valence-corrected chi connectivity index (χ3v) is 4.50. The van der Waals surface area contributed by atoms with Crippen LogP contribution in [0, 0.1) is 0 Å². The Bertz CT molecular complexity index is 494. The highest BCUT2D eigenvalue weighted by atomic mass is 32.2. The highest BCUT2D eigenvalue weighted by Crippen LogP contribution is 2.29. The summed E-state index contributed by atoms with van der Waals surface area (Å²) >= 11 is 0. The summed E-state index contributed by atoms with van der Waals surface area (Å²) in [5.74, 6) is 0.899. The molecule has 2 rings (SSSR count). The summed E-state index contributed by atoms with van der Waals surface area (Å²) in [5, 5.41) is 3.78. The Labute approximate surface area is 94.1 Å². The Balaban J connectivity index is 2.31. The summed E-state index contributed by atoms with van der Waals surface area (Å²) < 4.78 is 27.8. The first kappa shape index (κ1) is 11.5. The number of nitrogens with two attached hydrogens (primary N) is 1. The highest BCUT2D eigenvalue weighted by molar-refractivity contribution is 7.91. The van der Waals surface area contributed by atoms with E-state index in [-0.39, 0.29) is 17.4 Å². The Kier molecular flexibility index (Phi) is 2.54. The van der Waals surface area contributed by atoms with Crippen molar-refractivity contribution in [2.24, 2.45) is 5.73 Å². The van der Waals surface area contributed by atoms with Crippen LogP contribution >= 0.6 is 0 Å². The lowest BCUT2D eigenvalue weighted by molar-refractivity contribution is 0.347. The molecule has 7 heteroatoms. The van der Waals surface area contributed by atoms with Crippen LogP contribution < -0.4 is 5.73 Å². The summed E-state index contributed by atoms with van der Waals surface area (Å²) in [6.07, 6.45) is 0.354. The van der Waals surface area contributed by atoms with Crippen LogP contribution in [0.4, 0.5) is 0 Å². The molecule has 1 aliphatic rings. The van der Waals surface area contributed by atoms with E-state index in [2.05, 4.69) is 10.1 Å². The van der Waals surface area contributed by atoms with Crippen molar-refractivity contribution in [3.05, 3.63) is 11.7 Å². The average Bonchev–Trinajstić information content (AvgIpc) is 2.71. The van der Waals surface area contributed by atoms with Gasteiger partial charge in [0.25, 0.3) is 0 Å². The van der Waals surface area contributed by atoms with Gasteiger partial charge in [-0.25, -0.2) is 8.42 Å². The number of sulfone groups is 1. The third-order valence-electron chi connectivity index (χ3n) is 2.72. The van der Waals surface area contributed by atoms with E-state index in [9.17, 15) is 8.42 Å². The molecule has 0 radical (unpaired) electrons. The molecule has 6 nitrogen and oxygen atoms in total. The van der Waals surface area contributed by atoms with E-state index in [0.29, 0.717) is 18.1 Å². The van der Waals surface area contributed by atoms with Gasteiger partial charge in [0, 0.05) is 5.92 Å². The lowest BCUT2D eigenvalue weighted by atomic mass is 10.00. The standard InChI is InChI=1S/C9H15N3O3S/c1-6(2)7-11-8(12-15-7)9(10)3-4-16(13,14)5-9/h6H,3-5,10H2,1-2H3. The van der Waals surface area contributed by atoms with Gasteiger partial charge >= 0.3 is 0 Å². The van der Waals surface area contributed by atoms with Gasteiger partial charge in [0.05, 0.1) is 17.0 Å². The van der Waals surface area contributed by atoms with Crippen molar-refractivity contribution < 1.29 is 12.9 Å². The molecule has 0 aliphatic carbocycles. The smallest absolute Gasteiger partial charge is 0.229 e. The first-order valence-corrected chi connectivity index (χ1v) is 6.98. The van der Waals surface area contributed by atoms with E-state index in [1.807, 2.05) is 13.8 Å². The number of aromatic nitrogens is 2. The van der Waals surface area contributed by atoms with Gasteiger partial charge in [0.15, 0.2) is 15.7 Å². The maximum Gasteiger partial charge on any atom is 0.229 e. The van der Waals surface area contributed by atoms with Gasteiger partial charge in [-0.15, -0.1) is 0 Å². The Hall–Kier alpha value is -0.950. The Morgan fingerprint density at radius 2 is 2.19 bits per heavy atom. The molecule has 1 aliphatic heterocycles. The van der Waals surface area contributed by atoms with Crippen molar-refractivity contribution in [3.63, 3.8) is 0 Å². The predicted octanol–water partition coefficient (Wildman–Crippen LogP) is 0.166. The van der Waals surface area contributed by atoms with Crippen LogP contribution in [0.5, 0.6) is 0 Å². The van der Waals surface area contributed by atoms with E-state index < -0.39 is 15.4 Å². The molecular weight excluding hydrogens is 230 g/mol. The van der Waals surface area contributed by atoms with Crippen LogP contribution in [0.1, 0.15) is 37.9 Å². The van der Waals surface area contributed by atoms with Gasteiger partial charge in [-0.1, -0.05) is 19.0 Å². The second-order valence-electron chi connectivity index (χ2n) is 4.61. The van der Waals surface area contributed by atoms with Crippen LogP contribution in [0.3, 0.4) is 0 Å². The minimum absolute atomic E-state index is 0.0923. The third kappa shape index (κ3) is 1.97. The Morgan fingerprint density at radius 1 is 1.50 bits per heavy atom. The van der Waals surface area contributed by atoms with E-state index in [0.717, 1.165) is 0 Å². The lowest BCUT2D eigenvalue weighted by Crippen LogP contribution is -2.39. The average molecular weight is 245 g/mol. The molecular formula is C9H15N3O3S. The van der Waals surface area contributed by atoms with E-state index in [1.54, 1.807) is 0 Å². The topological polar surface area (TPSA) is 99.1 Å². The summed E-state index contributed by atoms with van der Waals surface area (Å²) in [6.45, 7) is 3.84. The van der Waals surface area contributed by atoms with Crippen molar-refractivity contribution in [2.45, 2.75) is 31.7 Å². The fourth-order valence-corrected chi connectivity index (χ4v) is 3.60. The minimum atomic E-state index is -3.06. The maximum atomic E-state index is 11.4. The molecule has 1 unspecified atom stereocenters. The zero-order chi connectivity index (χ0) is 12.0. The Morgan fingerprint density at radius 3 is 2.62 bits per heavy atom. The zero-order valence-electron chi connectivity index (χ0n) is 9.30. The van der Waals surface area contributed by atoms with Gasteiger partial charge < -0.3 is 10.3 Å². The van der Waals surface area contributed by atoms with Gasteiger partial charge in [0.2, 0.25) is 5.89 Å². The van der Waals surface area contributed by atoms with Crippen LogP contribution in [-0.2, 0) is 15.4 Å². The van der Waals surface area contributed by atoms with Gasteiger partial charge in [0.1, 0.15) is 0 Å². The second-order valence-corrected chi connectivity index (χ2v) is 6.79. The fourth-order valence-electron chi connectivity index (χ4n) is 1.72. The quantitative estimate of drug-likeness (QED) is 0.797. The molecule has 16 heavy (non-hydrogen) atoms. The number of rotatable bonds is 2. The van der Waals surface area contributed by atoms with Crippen LogP contribution in [0.15, 0.2) is 4.52 Å². The maximum absolute atomic E-state index is 11.4. The predicted molar refractivity (Wildman–Crippen MR) is 57.5 cm³/mol. The fraction of sp³-hybridized carbons (Fsp3) is 0.778. The SMILES string of the molecule is CC(C)c1nc(C2(N)CCS(=O)(=O)C2)no1. The summed E-state index contributed by atoms with van der Waals surface area (Å²) in [7, 11) is -3.06. The zero-order valence-corrected chi connectivity index (χ0v) is 10.1. The first-order valence-electron chi connectivity index (χ1n) is 5.16. The first-order chi connectivity index (χ1) is 7.32. The largest absolute Gasteiger partial charge is 0.339 e. The van der Waals surface area contributed by atoms with E-state index >= 15 is 0 Å². The summed E-state index contributed by atoms with van der Waals surface area (Å²) in [6, 6.07) is 0. The summed E-state index contributed by atoms with van der Waals surface area (Å²) in [5.41, 5.74) is 5.03. The van der Waals surface area contributed by atoms with E-state index in [1.165, 1.54) is 0 Å². The second kappa shape index (κ2) is 3.53. The van der Waals surface area contributed by atoms with Crippen LogP contribution in [-0.4, -0.2) is 30.1 Å². The molecule has 90 valence electrons. The molecule has 0 saturated carbocycles. The van der Waals surface area contributed by atoms with Crippen LogP contribution in [0.25, 0.3) is 0 Å². The molecule has 2 N–H and O–H groups in total. The molecule has 2 heterocycles. The van der Waals surface area contributed by atoms with E-state index in [4.69, 9.17) is 10.3 Å². The molecule has 1 aromatic rings. The van der Waals surface area contributed by atoms with Crippen LogP contribution in [0.2, 0.25) is 0 Å². The molecule has 0 spiro atoms. The monoisotopic (exact) mass is 245 g/mol. The van der Waals surface area contributed by atoms with Crippen molar-refractivity contribution in [2.75, 3.05) is 11.5 Å². The van der Waals surface area contributed by atoms with Gasteiger partial charge in [-0.2, -0.15) is 4.98 Å². The summed E-state index contributed by atoms with van der Waals surface area (Å²) in [4.78, 5) is 4.16. The molecule has 1 aromatic heterocycles. The van der Waals surface area contributed by atoms with Gasteiger partial charge in [-0.3, -0.25) is 0 Å². The number of nitrogens with zero attached hydrogens (tertiary/aromatic N) is 2. The highest BCUT2D eigenvalue weighted by Gasteiger charge is 2.44. The molecule has 0 amide bonds. The number of hydrogen-bond donors (Lipinski definition) is 1. The van der Waals surface area contributed by atoms with Crippen molar-refractivity contribution in [1.82, 2.24) is 10.1 Å². The van der Waals surface area contributed by atoms with Gasteiger partial charge in [-0.05, 0) is 6.42 Å². The molecule has 1 saturated heterocycles. The normalized spacial score (nSPS) is 28.8. The number of hydrogen-bond acceptors (Lipinski definition) is 6. The van der Waals surface area contributed by atoms with Crippen molar-refractivity contribution in [1.29, 1.82) is 0 Å². The van der Waals surface area contributed by atoms with Crippen molar-refractivity contribution >= 4 is 9.84 Å². The molecule has 1 fully saturated rings. The molecule has 0 bridgehead atoms. The molecule has 1 atom stereocenters. The lowest BCUT2D eigenvalue weighted by Gasteiger charge is -2.16. The molecule has 0 aromatic carbocycles. The van der Waals surface area contributed by atoms with Crippen molar-refractivity contribution in [3.8, 4) is 0 Å². The minimum Gasteiger partial charge on any atom is -0.339 e.